The summed E-state index contributed by atoms with van der Waals surface area (Å²) in [5.41, 5.74) is -0.316. The van der Waals surface area contributed by atoms with Gasteiger partial charge in [0.15, 0.2) is 0 Å². The van der Waals surface area contributed by atoms with Gasteiger partial charge in [-0.1, -0.05) is 0 Å². The van der Waals surface area contributed by atoms with Gasteiger partial charge < -0.3 is 9.72 Å². The molecule has 1 atom stereocenters. The second-order valence-corrected chi connectivity index (χ2v) is 7.55. The Balaban J connectivity index is 2.29. The summed E-state index contributed by atoms with van der Waals surface area (Å²) in [6, 6.07) is 2.56. The van der Waals surface area contributed by atoms with Crippen LogP contribution in [0.1, 0.15) is 6.42 Å². The quantitative estimate of drug-likeness (QED) is 0.827. The van der Waals surface area contributed by atoms with Crippen molar-refractivity contribution in [2.45, 2.75) is 17.4 Å². The number of aromatic nitrogens is 1. The lowest BCUT2D eigenvalue weighted by Gasteiger charge is -2.27. The van der Waals surface area contributed by atoms with Crippen molar-refractivity contribution >= 4 is 21.8 Å². The maximum Gasteiger partial charge on any atom is 0.247 e. The number of H-pyrrole nitrogens is 1. The van der Waals surface area contributed by atoms with Gasteiger partial charge >= 0.3 is 0 Å². The molecule has 0 bridgehead atoms. The van der Waals surface area contributed by atoms with Crippen LogP contribution in [0, 0.1) is 0 Å². The van der Waals surface area contributed by atoms with Crippen LogP contribution in [0.5, 0.6) is 0 Å². The predicted molar refractivity (Wildman–Crippen MR) is 78.6 cm³/mol. The first-order valence-corrected chi connectivity index (χ1v) is 8.92. The molecule has 0 aliphatic carbocycles. The van der Waals surface area contributed by atoms with Crippen LogP contribution >= 0.6 is 11.8 Å². The number of ether oxygens (including phenoxy) is 1. The Morgan fingerprint density at radius 3 is 2.85 bits per heavy atom. The van der Waals surface area contributed by atoms with Gasteiger partial charge in [-0.05, 0) is 18.2 Å². The van der Waals surface area contributed by atoms with E-state index in [1.165, 1.54) is 22.6 Å². The van der Waals surface area contributed by atoms with Crippen LogP contribution in [0.25, 0.3) is 0 Å². The highest BCUT2D eigenvalue weighted by Crippen LogP contribution is 2.26. The van der Waals surface area contributed by atoms with Crippen molar-refractivity contribution in [1.82, 2.24) is 9.29 Å². The van der Waals surface area contributed by atoms with Gasteiger partial charge in [-0.15, -0.1) is 0 Å². The van der Waals surface area contributed by atoms with Crippen molar-refractivity contribution in [1.29, 1.82) is 0 Å². The molecule has 1 N–H and O–H groups in total. The number of methoxy groups -OCH3 is 1. The maximum atomic E-state index is 12.7. The number of nitrogens with zero attached hydrogens (tertiary/aromatic N) is 1. The lowest BCUT2D eigenvalue weighted by molar-refractivity contribution is 0.169. The van der Waals surface area contributed by atoms with E-state index in [4.69, 9.17) is 4.74 Å². The van der Waals surface area contributed by atoms with Gasteiger partial charge in [0.2, 0.25) is 15.6 Å². The molecule has 1 aliphatic heterocycles. The van der Waals surface area contributed by atoms with E-state index in [0.717, 1.165) is 17.9 Å². The fourth-order valence-electron chi connectivity index (χ4n) is 2.12. The molecular formula is C12H18N2O4S2. The summed E-state index contributed by atoms with van der Waals surface area (Å²) in [5.74, 6) is 1.77. The summed E-state index contributed by atoms with van der Waals surface area (Å²) < 4.78 is 31.9. The molecule has 6 nitrogen and oxygen atoms in total. The van der Waals surface area contributed by atoms with Gasteiger partial charge in [0.1, 0.15) is 0 Å². The number of pyridine rings is 1. The molecule has 1 aromatic rings. The third kappa shape index (κ3) is 3.43. The number of hydrogen-bond donors (Lipinski definition) is 1. The van der Waals surface area contributed by atoms with E-state index in [2.05, 4.69) is 4.98 Å². The Bertz CT molecular complexity index is 573. The van der Waals surface area contributed by atoms with Gasteiger partial charge in [0.25, 0.3) is 0 Å². The molecule has 112 valence electrons. The van der Waals surface area contributed by atoms with Gasteiger partial charge in [-0.3, -0.25) is 4.79 Å². The normalized spacial score (nSPS) is 19.6. The summed E-state index contributed by atoms with van der Waals surface area (Å²) >= 11 is 1.75. The SMILES string of the molecule is COCCN(C1CCSC1)S(=O)(=O)c1ccc(=O)[nH]c1. The molecular weight excluding hydrogens is 300 g/mol. The smallest absolute Gasteiger partial charge is 0.247 e. The first-order chi connectivity index (χ1) is 9.55. The van der Waals surface area contributed by atoms with E-state index >= 15 is 0 Å². The summed E-state index contributed by atoms with van der Waals surface area (Å²) in [6.45, 7) is 0.674. The van der Waals surface area contributed by atoms with Gasteiger partial charge in [-0.25, -0.2) is 8.42 Å². The molecule has 8 heteroatoms. The third-order valence-electron chi connectivity index (χ3n) is 3.19. The Labute approximate surface area is 122 Å². The number of hydrogen-bond acceptors (Lipinski definition) is 5. The zero-order valence-corrected chi connectivity index (χ0v) is 12.9. The number of sulfonamides is 1. The van der Waals surface area contributed by atoms with E-state index in [-0.39, 0.29) is 16.5 Å². The van der Waals surface area contributed by atoms with Gasteiger partial charge in [-0.2, -0.15) is 16.1 Å². The molecule has 0 aromatic carbocycles. The minimum atomic E-state index is -3.60. The highest BCUT2D eigenvalue weighted by Gasteiger charge is 2.33. The van der Waals surface area contributed by atoms with E-state index in [1.807, 2.05) is 0 Å². The minimum Gasteiger partial charge on any atom is -0.383 e. The molecule has 2 rings (SSSR count). The Hall–Kier alpha value is -0.830. The monoisotopic (exact) mass is 318 g/mol. The topological polar surface area (TPSA) is 79.5 Å². The van der Waals surface area contributed by atoms with Crippen molar-refractivity contribution in [3.63, 3.8) is 0 Å². The number of nitrogens with one attached hydrogen (secondary N) is 1. The van der Waals surface area contributed by atoms with Crippen molar-refractivity contribution in [2.24, 2.45) is 0 Å². The molecule has 0 radical (unpaired) electrons. The van der Waals surface area contributed by atoms with Crippen LogP contribution in [-0.2, 0) is 14.8 Å². The molecule has 2 heterocycles. The highest BCUT2D eigenvalue weighted by molar-refractivity contribution is 7.99. The Morgan fingerprint density at radius 2 is 2.30 bits per heavy atom. The predicted octanol–water partition coefficient (Wildman–Crippen LogP) is 0.518. The zero-order valence-electron chi connectivity index (χ0n) is 11.2. The van der Waals surface area contributed by atoms with Crippen LogP contribution < -0.4 is 5.56 Å². The number of thioether (sulfide) groups is 1. The molecule has 0 amide bonds. The maximum absolute atomic E-state index is 12.7. The first-order valence-electron chi connectivity index (χ1n) is 6.33. The molecule has 1 saturated heterocycles. The van der Waals surface area contributed by atoms with E-state index < -0.39 is 10.0 Å². The minimum absolute atomic E-state index is 0.00734. The second-order valence-electron chi connectivity index (χ2n) is 4.51. The average Bonchev–Trinajstić information content (AvgIpc) is 2.93. The van der Waals surface area contributed by atoms with E-state index in [9.17, 15) is 13.2 Å². The third-order valence-corrected chi connectivity index (χ3v) is 6.28. The van der Waals surface area contributed by atoms with Crippen molar-refractivity contribution in [3.05, 3.63) is 28.7 Å². The molecule has 1 aliphatic rings. The number of rotatable bonds is 6. The van der Waals surface area contributed by atoms with Crippen molar-refractivity contribution in [3.8, 4) is 0 Å². The summed E-state index contributed by atoms with van der Waals surface area (Å²) in [5, 5.41) is 0. The molecule has 0 saturated carbocycles. The average molecular weight is 318 g/mol. The van der Waals surface area contributed by atoms with E-state index in [1.54, 1.807) is 18.9 Å². The van der Waals surface area contributed by atoms with Crippen LogP contribution in [0.3, 0.4) is 0 Å². The van der Waals surface area contributed by atoms with E-state index in [0.29, 0.717) is 13.2 Å². The molecule has 1 fully saturated rings. The number of aromatic amines is 1. The summed E-state index contributed by atoms with van der Waals surface area (Å²) in [7, 11) is -2.05. The molecule has 1 unspecified atom stereocenters. The van der Waals surface area contributed by atoms with Crippen molar-refractivity contribution < 1.29 is 13.2 Å². The van der Waals surface area contributed by atoms with Gasteiger partial charge in [0.05, 0.1) is 11.5 Å². The van der Waals surface area contributed by atoms with Crippen LogP contribution in [0.15, 0.2) is 28.0 Å². The van der Waals surface area contributed by atoms with Gasteiger partial charge in [0, 0.05) is 37.7 Å². The lowest BCUT2D eigenvalue weighted by Crippen LogP contribution is -2.42. The Morgan fingerprint density at radius 1 is 1.50 bits per heavy atom. The molecule has 1 aromatic heterocycles. The Kier molecular flexibility index (Phi) is 5.25. The molecule has 0 spiro atoms. The summed E-state index contributed by atoms with van der Waals surface area (Å²) in [4.78, 5) is 13.6. The van der Waals surface area contributed by atoms with Crippen molar-refractivity contribution in [2.75, 3.05) is 31.8 Å². The molecule has 20 heavy (non-hydrogen) atoms. The highest BCUT2D eigenvalue weighted by atomic mass is 32.2. The fourth-order valence-corrected chi connectivity index (χ4v) is 5.05. The zero-order chi connectivity index (χ0) is 14.6. The standard InChI is InChI=1S/C12H18N2O4S2/c1-18-6-5-14(10-4-7-19-9-10)20(16,17)11-2-3-12(15)13-8-11/h2-3,8,10H,4-7,9H2,1H3,(H,13,15). The van der Waals surface area contributed by atoms with Crippen LogP contribution in [0.4, 0.5) is 0 Å². The van der Waals surface area contributed by atoms with Crippen LogP contribution in [0.2, 0.25) is 0 Å². The second kappa shape index (κ2) is 6.75. The lowest BCUT2D eigenvalue weighted by atomic mass is 10.3. The van der Waals surface area contributed by atoms with Crippen LogP contribution in [-0.4, -0.2) is 55.5 Å². The summed E-state index contributed by atoms with van der Waals surface area (Å²) in [6.07, 6.45) is 2.09. The fraction of sp³-hybridized carbons (Fsp3) is 0.583. The largest absolute Gasteiger partial charge is 0.383 e. The first kappa shape index (κ1) is 15.6.